The fraction of sp³-hybridized carbons (Fsp3) is 1.00. The van der Waals surface area contributed by atoms with Crippen molar-refractivity contribution in [2.75, 3.05) is 19.8 Å². The van der Waals surface area contributed by atoms with E-state index in [0.29, 0.717) is 0 Å². The Hall–Kier alpha value is -0.280. The van der Waals surface area contributed by atoms with Gasteiger partial charge >= 0.3 is 0 Å². The Balaban J connectivity index is 2.57. The molecular weight excluding hydrogens is 206 g/mol. The zero-order chi connectivity index (χ0) is 11.4. The molecule has 7 nitrogen and oxygen atoms in total. The molecule has 1 aliphatic rings. The third-order valence-corrected chi connectivity index (χ3v) is 2.25. The standard InChI is InChI=1S/C8H17NO6/c9-1-2-14-8-7(13)6(12)5(11)4(3-10)15-8/h4-8,10-13H,1-3,9H2/t4-,5+,6-,7-,8+/m1/s1. The molecule has 0 unspecified atom stereocenters. The molecule has 1 fully saturated rings. The van der Waals surface area contributed by atoms with Crippen molar-refractivity contribution < 1.29 is 29.9 Å². The van der Waals surface area contributed by atoms with Crippen molar-refractivity contribution in [1.29, 1.82) is 0 Å². The molecule has 15 heavy (non-hydrogen) atoms. The van der Waals surface area contributed by atoms with Crippen LogP contribution in [0.1, 0.15) is 0 Å². The largest absolute Gasteiger partial charge is 0.394 e. The molecule has 1 saturated heterocycles. The van der Waals surface area contributed by atoms with Crippen molar-refractivity contribution in [3.05, 3.63) is 0 Å². The van der Waals surface area contributed by atoms with Gasteiger partial charge in [0.05, 0.1) is 13.2 Å². The highest BCUT2D eigenvalue weighted by Crippen LogP contribution is 2.21. The number of aliphatic hydroxyl groups excluding tert-OH is 4. The molecular formula is C8H17NO6. The lowest BCUT2D eigenvalue weighted by Gasteiger charge is -2.39. The molecule has 0 bridgehead atoms. The van der Waals surface area contributed by atoms with E-state index in [9.17, 15) is 15.3 Å². The molecule has 0 aromatic heterocycles. The van der Waals surface area contributed by atoms with Crippen LogP contribution in [0.5, 0.6) is 0 Å². The lowest BCUT2D eigenvalue weighted by molar-refractivity contribution is -0.300. The Kier molecular flexibility index (Phi) is 4.87. The molecule has 0 aromatic carbocycles. The second-order valence-corrected chi connectivity index (χ2v) is 3.36. The van der Waals surface area contributed by atoms with Crippen molar-refractivity contribution >= 4 is 0 Å². The zero-order valence-electron chi connectivity index (χ0n) is 8.19. The highest BCUT2D eigenvalue weighted by atomic mass is 16.7. The van der Waals surface area contributed by atoms with Crippen LogP contribution in [0.2, 0.25) is 0 Å². The second-order valence-electron chi connectivity index (χ2n) is 3.36. The fourth-order valence-electron chi connectivity index (χ4n) is 1.39. The molecule has 1 aliphatic heterocycles. The van der Waals surface area contributed by atoms with Crippen molar-refractivity contribution in [3.63, 3.8) is 0 Å². The third-order valence-electron chi connectivity index (χ3n) is 2.25. The summed E-state index contributed by atoms with van der Waals surface area (Å²) in [5, 5.41) is 37.1. The van der Waals surface area contributed by atoms with Gasteiger partial charge in [-0.3, -0.25) is 0 Å². The number of ether oxygens (including phenoxy) is 2. The molecule has 6 N–H and O–H groups in total. The van der Waals surface area contributed by atoms with Gasteiger partial charge in [-0.15, -0.1) is 0 Å². The number of rotatable bonds is 4. The number of aliphatic hydroxyl groups is 4. The molecule has 0 saturated carbocycles. The maximum Gasteiger partial charge on any atom is 0.186 e. The maximum absolute atomic E-state index is 9.47. The van der Waals surface area contributed by atoms with E-state index in [-0.39, 0.29) is 13.2 Å². The first kappa shape index (κ1) is 12.8. The van der Waals surface area contributed by atoms with Crippen LogP contribution in [0, 0.1) is 0 Å². The maximum atomic E-state index is 9.47. The number of nitrogens with two attached hydrogens (primary N) is 1. The summed E-state index contributed by atoms with van der Waals surface area (Å²) in [6.07, 6.45) is -6.13. The van der Waals surface area contributed by atoms with E-state index in [1.807, 2.05) is 0 Å². The minimum atomic E-state index is -1.40. The van der Waals surface area contributed by atoms with Crippen LogP contribution in [-0.2, 0) is 9.47 Å². The summed E-state index contributed by atoms with van der Waals surface area (Å²) in [6, 6.07) is 0. The summed E-state index contributed by atoms with van der Waals surface area (Å²) < 4.78 is 10.1. The van der Waals surface area contributed by atoms with Crippen LogP contribution in [0.15, 0.2) is 0 Å². The van der Waals surface area contributed by atoms with Gasteiger partial charge in [-0.2, -0.15) is 0 Å². The van der Waals surface area contributed by atoms with Gasteiger partial charge in [0.2, 0.25) is 0 Å². The van der Waals surface area contributed by atoms with Crippen LogP contribution < -0.4 is 5.73 Å². The van der Waals surface area contributed by atoms with Crippen molar-refractivity contribution in [3.8, 4) is 0 Å². The lowest BCUT2D eigenvalue weighted by Crippen LogP contribution is -2.59. The topological polar surface area (TPSA) is 125 Å². The van der Waals surface area contributed by atoms with Gasteiger partial charge in [0.15, 0.2) is 6.29 Å². The molecule has 90 valence electrons. The molecule has 0 amide bonds. The van der Waals surface area contributed by atoms with E-state index in [0.717, 1.165) is 0 Å². The summed E-state index contributed by atoms with van der Waals surface area (Å²) in [4.78, 5) is 0. The Bertz CT molecular complexity index is 190. The van der Waals surface area contributed by atoms with E-state index in [1.54, 1.807) is 0 Å². The predicted molar refractivity (Wildman–Crippen MR) is 48.8 cm³/mol. The normalized spacial score (nSPS) is 41.8. The van der Waals surface area contributed by atoms with Crippen LogP contribution in [0.3, 0.4) is 0 Å². The van der Waals surface area contributed by atoms with Crippen molar-refractivity contribution in [2.24, 2.45) is 5.73 Å². The Morgan fingerprint density at radius 1 is 1.13 bits per heavy atom. The van der Waals surface area contributed by atoms with Gasteiger partial charge in [-0.05, 0) is 0 Å². The predicted octanol–water partition coefficient (Wildman–Crippen LogP) is -3.24. The summed E-state index contributed by atoms with van der Waals surface area (Å²) in [5.74, 6) is 0. The van der Waals surface area contributed by atoms with Crippen LogP contribution in [0.4, 0.5) is 0 Å². The van der Waals surface area contributed by atoms with E-state index in [2.05, 4.69) is 0 Å². The average molecular weight is 223 g/mol. The van der Waals surface area contributed by atoms with Gasteiger partial charge in [0, 0.05) is 6.54 Å². The number of hydrogen-bond donors (Lipinski definition) is 5. The molecule has 7 heteroatoms. The first-order chi connectivity index (χ1) is 7.11. The zero-order valence-corrected chi connectivity index (χ0v) is 8.19. The van der Waals surface area contributed by atoms with Crippen LogP contribution in [0.25, 0.3) is 0 Å². The molecule has 0 spiro atoms. The molecule has 1 rings (SSSR count). The van der Waals surface area contributed by atoms with Crippen molar-refractivity contribution in [2.45, 2.75) is 30.7 Å². The van der Waals surface area contributed by atoms with Crippen LogP contribution in [-0.4, -0.2) is 70.9 Å². The minimum absolute atomic E-state index is 0.155. The first-order valence-electron chi connectivity index (χ1n) is 4.74. The number of hydrogen-bond acceptors (Lipinski definition) is 7. The Morgan fingerprint density at radius 2 is 1.80 bits per heavy atom. The first-order valence-corrected chi connectivity index (χ1v) is 4.74. The highest BCUT2D eigenvalue weighted by molar-refractivity contribution is 4.88. The van der Waals surface area contributed by atoms with E-state index < -0.39 is 37.3 Å². The van der Waals surface area contributed by atoms with E-state index in [1.165, 1.54) is 0 Å². The summed E-state index contributed by atoms with van der Waals surface area (Å²) >= 11 is 0. The van der Waals surface area contributed by atoms with E-state index >= 15 is 0 Å². The van der Waals surface area contributed by atoms with E-state index in [4.69, 9.17) is 20.3 Å². The van der Waals surface area contributed by atoms with Crippen LogP contribution >= 0.6 is 0 Å². The summed E-state index contributed by atoms with van der Waals surface area (Å²) in [7, 11) is 0. The summed E-state index contributed by atoms with van der Waals surface area (Å²) in [6.45, 7) is -0.0643. The molecule has 0 aliphatic carbocycles. The monoisotopic (exact) mass is 223 g/mol. The molecule has 0 radical (unpaired) electrons. The Morgan fingerprint density at radius 3 is 2.33 bits per heavy atom. The molecule has 0 aromatic rings. The van der Waals surface area contributed by atoms with Gasteiger partial charge in [0.1, 0.15) is 24.4 Å². The summed E-state index contributed by atoms with van der Waals surface area (Å²) in [5.41, 5.74) is 5.20. The SMILES string of the molecule is NCCO[C@H]1O[C@H](CO)[C@H](O)[C@@H](O)[C@H]1O. The fourth-order valence-corrected chi connectivity index (χ4v) is 1.39. The average Bonchev–Trinajstić information content (AvgIpc) is 2.25. The molecule has 5 atom stereocenters. The quantitative estimate of drug-likeness (QED) is 0.339. The minimum Gasteiger partial charge on any atom is -0.394 e. The van der Waals surface area contributed by atoms with Crippen molar-refractivity contribution in [1.82, 2.24) is 0 Å². The van der Waals surface area contributed by atoms with Gasteiger partial charge < -0.3 is 35.6 Å². The Labute approximate surface area is 87.0 Å². The van der Waals surface area contributed by atoms with Gasteiger partial charge in [-0.1, -0.05) is 0 Å². The van der Waals surface area contributed by atoms with Gasteiger partial charge in [-0.25, -0.2) is 0 Å². The van der Waals surface area contributed by atoms with Gasteiger partial charge in [0.25, 0.3) is 0 Å². The molecule has 1 heterocycles. The second kappa shape index (κ2) is 5.71. The third kappa shape index (κ3) is 2.85. The smallest absolute Gasteiger partial charge is 0.186 e. The highest BCUT2D eigenvalue weighted by Gasteiger charge is 2.43. The lowest BCUT2D eigenvalue weighted by atomic mass is 9.99.